The second-order valence-electron chi connectivity index (χ2n) is 12.1. The van der Waals surface area contributed by atoms with Crippen molar-refractivity contribution in [3.05, 3.63) is 73.4 Å². The van der Waals surface area contributed by atoms with Crippen LogP contribution in [-0.2, 0) is 0 Å². The number of unbranched alkanes of at least 4 members (excludes halogenated alkanes) is 2. The van der Waals surface area contributed by atoms with Crippen LogP contribution in [0.3, 0.4) is 0 Å². The summed E-state index contributed by atoms with van der Waals surface area (Å²) in [6.07, 6.45) is 34.2. The summed E-state index contributed by atoms with van der Waals surface area (Å²) < 4.78 is 0. The first-order chi connectivity index (χ1) is 18.2. The summed E-state index contributed by atoms with van der Waals surface area (Å²) in [5, 5.41) is 0. The number of nitrogens with two attached hydrogens (primary N) is 2. The van der Waals surface area contributed by atoms with Crippen LogP contribution in [0.25, 0.3) is 0 Å². The van der Waals surface area contributed by atoms with Gasteiger partial charge in [0.2, 0.25) is 0 Å². The van der Waals surface area contributed by atoms with Gasteiger partial charge in [0.15, 0.2) is 0 Å². The van der Waals surface area contributed by atoms with E-state index >= 15 is 0 Å². The predicted octanol–water partition coefficient (Wildman–Crippen LogP) is 10.1. The molecule has 0 aromatic carbocycles. The van der Waals surface area contributed by atoms with Gasteiger partial charge in [0.1, 0.15) is 0 Å². The molecule has 2 nitrogen and oxygen atoms in total. The Labute approximate surface area is 238 Å². The van der Waals surface area contributed by atoms with Gasteiger partial charge in [-0.3, -0.25) is 0 Å². The topological polar surface area (TPSA) is 52.0 Å². The zero-order chi connectivity index (χ0) is 28.6. The average molecular weight is 525 g/mol. The molecule has 0 heterocycles. The molecule has 0 aliphatic heterocycles. The summed E-state index contributed by atoms with van der Waals surface area (Å²) >= 11 is 0. The van der Waals surface area contributed by atoms with Gasteiger partial charge < -0.3 is 11.5 Å². The fourth-order valence-corrected chi connectivity index (χ4v) is 5.20. The van der Waals surface area contributed by atoms with Gasteiger partial charge >= 0.3 is 0 Å². The Morgan fingerprint density at radius 2 is 1.50 bits per heavy atom. The first-order valence-electron chi connectivity index (χ1n) is 15.6. The smallest absolute Gasteiger partial charge is 0.00468 e. The Balaban J connectivity index is 4.35. The average Bonchev–Trinajstić information content (AvgIpc) is 2.86. The SMILES string of the molecule is C=C/C=C\CCCC(C)CCC(C)CC(N)CC(C)/C=C\CCC(C)C(/C=C/C=C\C(=C)C)CCCCN. The van der Waals surface area contributed by atoms with E-state index in [0.717, 1.165) is 43.7 Å². The lowest BCUT2D eigenvalue weighted by Gasteiger charge is -2.21. The van der Waals surface area contributed by atoms with Crippen LogP contribution < -0.4 is 11.5 Å². The lowest BCUT2D eigenvalue weighted by molar-refractivity contribution is 0.357. The van der Waals surface area contributed by atoms with Crippen molar-refractivity contribution < 1.29 is 0 Å². The van der Waals surface area contributed by atoms with Crippen molar-refractivity contribution >= 4 is 0 Å². The van der Waals surface area contributed by atoms with E-state index in [1.54, 1.807) is 0 Å². The van der Waals surface area contributed by atoms with E-state index in [-0.39, 0.29) is 0 Å². The monoisotopic (exact) mass is 525 g/mol. The minimum atomic E-state index is 0.298. The minimum absolute atomic E-state index is 0.298. The highest BCUT2D eigenvalue weighted by Crippen LogP contribution is 2.25. The first kappa shape index (κ1) is 36.4. The van der Waals surface area contributed by atoms with Crippen molar-refractivity contribution in [2.24, 2.45) is 41.1 Å². The van der Waals surface area contributed by atoms with Crippen molar-refractivity contribution in [1.29, 1.82) is 0 Å². The first-order valence-corrected chi connectivity index (χ1v) is 15.6. The number of hydrogen-bond donors (Lipinski definition) is 2. The molecule has 0 aliphatic carbocycles. The molecule has 0 aromatic heterocycles. The van der Waals surface area contributed by atoms with Gasteiger partial charge in [-0.15, -0.1) is 0 Å². The lowest BCUT2D eigenvalue weighted by Crippen LogP contribution is -2.25. The van der Waals surface area contributed by atoms with Gasteiger partial charge in [0.25, 0.3) is 0 Å². The zero-order valence-electron chi connectivity index (χ0n) is 25.9. The molecule has 0 bridgehead atoms. The van der Waals surface area contributed by atoms with E-state index < -0.39 is 0 Å². The lowest BCUT2D eigenvalue weighted by atomic mass is 9.85. The summed E-state index contributed by atoms with van der Waals surface area (Å²) in [6, 6.07) is 0.298. The van der Waals surface area contributed by atoms with Crippen molar-refractivity contribution in [3.63, 3.8) is 0 Å². The standard InChI is InChI=1S/C36H64N2/c1-8-9-10-11-12-20-31(4)25-26-33(6)29-36(38)28-32(5)21-14-15-22-34(7)35(24-17-18-27-37)23-16-13-19-30(2)3/h8-10,13-14,16,19,21,23,31-36H,1-2,11-12,15,17-18,20,22,24-29,37-38H2,3-7H3/b10-9-,19-13-,21-14-,23-16+. The molecule has 0 aliphatic rings. The Bertz CT molecular complexity index is 698. The molecule has 0 saturated carbocycles. The largest absolute Gasteiger partial charge is 0.330 e. The van der Waals surface area contributed by atoms with Gasteiger partial charge in [-0.05, 0) is 94.4 Å². The van der Waals surface area contributed by atoms with E-state index in [2.05, 4.69) is 89.5 Å². The van der Waals surface area contributed by atoms with Gasteiger partial charge in [-0.1, -0.05) is 127 Å². The molecule has 0 radical (unpaired) electrons. The van der Waals surface area contributed by atoms with E-state index in [1.807, 2.05) is 13.0 Å². The third-order valence-corrected chi connectivity index (χ3v) is 7.70. The van der Waals surface area contributed by atoms with E-state index in [4.69, 9.17) is 11.5 Å². The van der Waals surface area contributed by atoms with Crippen LogP contribution in [0.1, 0.15) is 112 Å². The maximum absolute atomic E-state index is 6.56. The Kier molecular flexibility index (Phi) is 23.4. The molecule has 6 unspecified atom stereocenters. The molecule has 0 aromatic rings. The highest BCUT2D eigenvalue weighted by atomic mass is 14.6. The molecule has 2 heteroatoms. The Morgan fingerprint density at radius 1 is 0.763 bits per heavy atom. The van der Waals surface area contributed by atoms with Gasteiger partial charge in [0, 0.05) is 6.04 Å². The molecule has 0 rings (SSSR count). The number of rotatable bonds is 24. The molecule has 218 valence electrons. The summed E-state index contributed by atoms with van der Waals surface area (Å²) in [5.74, 6) is 3.33. The van der Waals surface area contributed by atoms with E-state index in [1.165, 1.54) is 51.4 Å². The maximum atomic E-state index is 6.56. The number of allylic oxidation sites excluding steroid dienone is 10. The van der Waals surface area contributed by atoms with E-state index in [0.29, 0.717) is 29.7 Å². The summed E-state index contributed by atoms with van der Waals surface area (Å²) in [7, 11) is 0. The molecule has 0 spiro atoms. The molecule has 0 amide bonds. The second-order valence-corrected chi connectivity index (χ2v) is 12.1. The molecule has 6 atom stereocenters. The number of hydrogen-bond acceptors (Lipinski definition) is 2. The van der Waals surface area contributed by atoms with Crippen LogP contribution in [-0.4, -0.2) is 12.6 Å². The van der Waals surface area contributed by atoms with Crippen LogP contribution in [0.5, 0.6) is 0 Å². The highest BCUT2D eigenvalue weighted by Gasteiger charge is 2.15. The maximum Gasteiger partial charge on any atom is 0.00468 e. The zero-order valence-corrected chi connectivity index (χ0v) is 25.9. The van der Waals surface area contributed by atoms with Crippen molar-refractivity contribution in [1.82, 2.24) is 0 Å². The van der Waals surface area contributed by atoms with Crippen LogP contribution in [0.2, 0.25) is 0 Å². The van der Waals surface area contributed by atoms with Crippen molar-refractivity contribution in [3.8, 4) is 0 Å². The van der Waals surface area contributed by atoms with E-state index in [9.17, 15) is 0 Å². The summed E-state index contributed by atoms with van der Waals surface area (Å²) in [5.41, 5.74) is 13.4. The Morgan fingerprint density at radius 3 is 2.18 bits per heavy atom. The summed E-state index contributed by atoms with van der Waals surface area (Å²) in [4.78, 5) is 0. The molecule has 38 heavy (non-hydrogen) atoms. The highest BCUT2D eigenvalue weighted by molar-refractivity contribution is 5.17. The summed E-state index contributed by atoms with van der Waals surface area (Å²) in [6.45, 7) is 20.0. The van der Waals surface area contributed by atoms with Gasteiger partial charge in [0.05, 0.1) is 0 Å². The normalized spacial score (nSPS) is 17.3. The minimum Gasteiger partial charge on any atom is -0.330 e. The molecular formula is C36H64N2. The molecular weight excluding hydrogens is 460 g/mol. The van der Waals surface area contributed by atoms with Crippen LogP contribution in [0.15, 0.2) is 73.4 Å². The third-order valence-electron chi connectivity index (χ3n) is 7.70. The van der Waals surface area contributed by atoms with Crippen molar-refractivity contribution in [2.45, 2.75) is 118 Å². The molecule has 4 N–H and O–H groups in total. The van der Waals surface area contributed by atoms with Gasteiger partial charge in [-0.25, -0.2) is 0 Å². The van der Waals surface area contributed by atoms with Crippen LogP contribution in [0.4, 0.5) is 0 Å². The second kappa shape index (κ2) is 24.4. The third kappa shape index (κ3) is 22.4. The van der Waals surface area contributed by atoms with Crippen LogP contribution >= 0.6 is 0 Å². The predicted molar refractivity (Wildman–Crippen MR) is 174 cm³/mol. The fraction of sp³-hybridized carbons (Fsp3) is 0.667. The molecule has 0 fully saturated rings. The fourth-order valence-electron chi connectivity index (χ4n) is 5.20. The van der Waals surface area contributed by atoms with Gasteiger partial charge in [-0.2, -0.15) is 0 Å². The Hall–Kier alpha value is -1.64. The van der Waals surface area contributed by atoms with Crippen molar-refractivity contribution in [2.75, 3.05) is 6.54 Å². The van der Waals surface area contributed by atoms with Crippen LogP contribution in [0, 0.1) is 29.6 Å². The molecule has 0 saturated heterocycles. The quantitative estimate of drug-likeness (QED) is 0.0749.